The van der Waals surface area contributed by atoms with E-state index in [2.05, 4.69) is 10.3 Å². The molecule has 2 aromatic rings. The second kappa shape index (κ2) is 8.89. The standard InChI is InChI=1S/C20H22Cl2FN3O/c1-13(15-11-18(23)17(22)12-16(15)21)25-20(27)26-10-4-2-3-5-19(26)14-6-8-24-9-7-14/h6-9,11-13,19H,2-5,10H2,1H3,(H,25,27). The van der Waals surface area contributed by atoms with E-state index < -0.39 is 11.9 Å². The SMILES string of the molecule is CC(NC(=O)N1CCCCCC1c1ccncc1)c1cc(F)c(Cl)cc1Cl. The molecular weight excluding hydrogens is 388 g/mol. The first-order valence-electron chi connectivity index (χ1n) is 9.09. The van der Waals surface area contributed by atoms with Crippen LogP contribution in [-0.2, 0) is 0 Å². The molecule has 2 amide bonds. The highest BCUT2D eigenvalue weighted by Gasteiger charge is 2.28. The summed E-state index contributed by atoms with van der Waals surface area (Å²) in [6, 6.07) is 5.91. The highest BCUT2D eigenvalue weighted by atomic mass is 35.5. The minimum absolute atomic E-state index is 0.000117. The summed E-state index contributed by atoms with van der Waals surface area (Å²) in [6.45, 7) is 2.46. The number of aromatic nitrogens is 1. The van der Waals surface area contributed by atoms with E-state index in [0.29, 0.717) is 17.1 Å². The van der Waals surface area contributed by atoms with E-state index in [1.807, 2.05) is 17.0 Å². The molecule has 4 nitrogen and oxygen atoms in total. The second-order valence-corrected chi connectivity index (χ2v) is 7.61. The zero-order chi connectivity index (χ0) is 19.4. The van der Waals surface area contributed by atoms with Gasteiger partial charge in [0.05, 0.1) is 17.1 Å². The molecule has 0 saturated carbocycles. The maximum absolute atomic E-state index is 13.8. The van der Waals surface area contributed by atoms with Gasteiger partial charge in [-0.1, -0.05) is 36.0 Å². The van der Waals surface area contributed by atoms with Gasteiger partial charge in [-0.3, -0.25) is 4.98 Å². The highest BCUT2D eigenvalue weighted by molar-refractivity contribution is 6.35. The largest absolute Gasteiger partial charge is 0.331 e. The van der Waals surface area contributed by atoms with Crippen molar-refractivity contribution >= 4 is 29.2 Å². The van der Waals surface area contributed by atoms with Gasteiger partial charge in [-0.25, -0.2) is 9.18 Å². The fraction of sp³-hybridized carbons (Fsp3) is 0.400. The molecule has 27 heavy (non-hydrogen) atoms. The van der Waals surface area contributed by atoms with E-state index in [4.69, 9.17) is 23.2 Å². The van der Waals surface area contributed by atoms with Crippen LogP contribution in [0.15, 0.2) is 36.7 Å². The number of benzene rings is 1. The first kappa shape index (κ1) is 19.9. The van der Waals surface area contributed by atoms with Crippen molar-refractivity contribution in [2.24, 2.45) is 0 Å². The van der Waals surface area contributed by atoms with Crippen molar-refractivity contribution < 1.29 is 9.18 Å². The molecule has 1 aliphatic heterocycles. The average molecular weight is 410 g/mol. The van der Waals surface area contributed by atoms with Gasteiger partial charge in [0, 0.05) is 24.0 Å². The number of hydrogen-bond acceptors (Lipinski definition) is 2. The number of pyridine rings is 1. The van der Waals surface area contributed by atoms with Crippen LogP contribution in [0.25, 0.3) is 0 Å². The Bertz CT molecular complexity index is 803. The fourth-order valence-corrected chi connectivity index (χ4v) is 4.05. The number of carbonyl (C=O) groups excluding carboxylic acids is 1. The van der Waals surface area contributed by atoms with Crippen molar-refractivity contribution in [1.82, 2.24) is 15.2 Å². The predicted octanol–water partition coefficient (Wildman–Crippen LogP) is 5.92. The third-order valence-electron chi connectivity index (χ3n) is 4.95. The Morgan fingerprint density at radius 2 is 1.96 bits per heavy atom. The molecular formula is C20H22Cl2FN3O. The van der Waals surface area contributed by atoms with Gasteiger partial charge >= 0.3 is 6.03 Å². The molecule has 3 rings (SSSR count). The number of halogens is 3. The minimum Gasteiger partial charge on any atom is -0.331 e. The van der Waals surface area contributed by atoms with Crippen LogP contribution in [0.5, 0.6) is 0 Å². The van der Waals surface area contributed by atoms with Gasteiger partial charge in [0.15, 0.2) is 0 Å². The van der Waals surface area contributed by atoms with Crippen molar-refractivity contribution in [3.8, 4) is 0 Å². The summed E-state index contributed by atoms with van der Waals surface area (Å²) in [7, 11) is 0. The van der Waals surface area contributed by atoms with Crippen molar-refractivity contribution in [1.29, 1.82) is 0 Å². The summed E-state index contributed by atoms with van der Waals surface area (Å²) in [5, 5.41) is 3.25. The molecule has 144 valence electrons. The molecule has 0 aliphatic carbocycles. The molecule has 1 aromatic heterocycles. The summed E-state index contributed by atoms with van der Waals surface area (Å²) in [5.41, 5.74) is 1.58. The Balaban J connectivity index is 1.79. The van der Waals surface area contributed by atoms with Gasteiger partial charge < -0.3 is 10.2 Å². The molecule has 0 bridgehead atoms. The van der Waals surface area contributed by atoms with Crippen LogP contribution in [0.1, 0.15) is 55.8 Å². The summed E-state index contributed by atoms with van der Waals surface area (Å²) >= 11 is 12.0. The molecule has 0 spiro atoms. The molecule has 1 aromatic carbocycles. The van der Waals surface area contributed by atoms with Gasteiger partial charge in [-0.05, 0) is 55.2 Å². The lowest BCUT2D eigenvalue weighted by Gasteiger charge is -2.32. The van der Waals surface area contributed by atoms with Gasteiger partial charge in [-0.15, -0.1) is 0 Å². The molecule has 1 N–H and O–H groups in total. The van der Waals surface area contributed by atoms with Gasteiger partial charge in [0.1, 0.15) is 5.82 Å². The summed E-state index contributed by atoms with van der Waals surface area (Å²) in [4.78, 5) is 18.9. The van der Waals surface area contributed by atoms with Crippen LogP contribution < -0.4 is 5.32 Å². The van der Waals surface area contributed by atoms with Crippen molar-refractivity contribution in [3.63, 3.8) is 0 Å². The summed E-state index contributed by atoms with van der Waals surface area (Å²) < 4.78 is 13.8. The molecule has 2 heterocycles. The fourth-order valence-electron chi connectivity index (χ4n) is 3.50. The third kappa shape index (κ3) is 4.71. The normalized spacial score (nSPS) is 18.7. The highest BCUT2D eigenvalue weighted by Crippen LogP contribution is 2.32. The van der Waals surface area contributed by atoms with E-state index in [1.165, 1.54) is 12.1 Å². The van der Waals surface area contributed by atoms with E-state index in [-0.39, 0.29) is 17.1 Å². The van der Waals surface area contributed by atoms with Gasteiger partial charge in [0.2, 0.25) is 0 Å². The number of carbonyl (C=O) groups is 1. The number of nitrogens with one attached hydrogen (secondary N) is 1. The first-order valence-corrected chi connectivity index (χ1v) is 9.84. The van der Waals surface area contributed by atoms with Crippen LogP contribution in [0, 0.1) is 5.82 Å². The topological polar surface area (TPSA) is 45.2 Å². The number of likely N-dealkylation sites (tertiary alicyclic amines) is 1. The van der Waals surface area contributed by atoms with E-state index in [9.17, 15) is 9.18 Å². The first-order chi connectivity index (χ1) is 13.0. The van der Waals surface area contributed by atoms with E-state index in [1.54, 1.807) is 19.3 Å². The lowest BCUT2D eigenvalue weighted by molar-refractivity contribution is 0.172. The van der Waals surface area contributed by atoms with Crippen LogP contribution in [0.2, 0.25) is 10.0 Å². The zero-order valence-electron chi connectivity index (χ0n) is 15.1. The summed E-state index contributed by atoms with van der Waals surface area (Å²) in [5.74, 6) is -0.554. The maximum atomic E-state index is 13.8. The maximum Gasteiger partial charge on any atom is 0.318 e. The lowest BCUT2D eigenvalue weighted by Crippen LogP contribution is -2.43. The molecule has 2 unspecified atom stereocenters. The third-order valence-corrected chi connectivity index (χ3v) is 5.57. The Morgan fingerprint density at radius 3 is 2.70 bits per heavy atom. The Hall–Kier alpha value is -1.85. The predicted molar refractivity (Wildman–Crippen MR) is 106 cm³/mol. The zero-order valence-corrected chi connectivity index (χ0v) is 16.6. The molecule has 1 saturated heterocycles. The number of amides is 2. The Morgan fingerprint density at radius 1 is 1.22 bits per heavy atom. The average Bonchev–Trinajstić information content (AvgIpc) is 2.91. The van der Waals surface area contributed by atoms with Crippen molar-refractivity contribution in [2.45, 2.75) is 44.7 Å². The van der Waals surface area contributed by atoms with Crippen LogP contribution in [0.3, 0.4) is 0 Å². The monoisotopic (exact) mass is 409 g/mol. The van der Waals surface area contributed by atoms with Crippen LogP contribution in [-0.4, -0.2) is 22.5 Å². The number of nitrogens with zero attached hydrogens (tertiary/aromatic N) is 2. The number of urea groups is 1. The van der Waals surface area contributed by atoms with Crippen LogP contribution >= 0.6 is 23.2 Å². The molecule has 1 aliphatic rings. The molecule has 2 atom stereocenters. The minimum atomic E-state index is -0.554. The number of rotatable bonds is 3. The van der Waals surface area contributed by atoms with Crippen molar-refractivity contribution in [2.75, 3.05) is 6.54 Å². The smallest absolute Gasteiger partial charge is 0.318 e. The molecule has 0 radical (unpaired) electrons. The van der Waals surface area contributed by atoms with E-state index >= 15 is 0 Å². The van der Waals surface area contributed by atoms with Gasteiger partial charge in [-0.2, -0.15) is 0 Å². The Kier molecular flexibility index (Phi) is 6.55. The lowest BCUT2D eigenvalue weighted by atomic mass is 10.0. The quantitative estimate of drug-likeness (QED) is 0.639. The van der Waals surface area contributed by atoms with Crippen LogP contribution in [0.4, 0.5) is 9.18 Å². The van der Waals surface area contributed by atoms with Gasteiger partial charge in [0.25, 0.3) is 0 Å². The number of hydrogen-bond donors (Lipinski definition) is 1. The van der Waals surface area contributed by atoms with Crippen molar-refractivity contribution in [3.05, 3.63) is 63.6 Å². The molecule has 1 fully saturated rings. The molecule has 7 heteroatoms. The Labute approximate surface area is 168 Å². The van der Waals surface area contributed by atoms with E-state index in [0.717, 1.165) is 31.2 Å². The summed E-state index contributed by atoms with van der Waals surface area (Å²) in [6.07, 6.45) is 7.52. The second-order valence-electron chi connectivity index (χ2n) is 6.80.